The van der Waals surface area contributed by atoms with Gasteiger partial charge in [-0.2, -0.15) is 4.98 Å². The molecule has 3 aromatic rings. The maximum atomic E-state index is 6.25. The Morgan fingerprint density at radius 3 is 2.96 bits per heavy atom. The molecule has 0 fully saturated rings. The van der Waals surface area contributed by atoms with Crippen molar-refractivity contribution in [1.29, 1.82) is 0 Å². The van der Waals surface area contributed by atoms with E-state index in [9.17, 15) is 0 Å². The third-order valence-corrected chi connectivity index (χ3v) is 6.08. The van der Waals surface area contributed by atoms with Crippen LogP contribution in [0.5, 0.6) is 5.88 Å². The van der Waals surface area contributed by atoms with Crippen LogP contribution >= 0.6 is 39.0 Å². The van der Waals surface area contributed by atoms with Crippen molar-refractivity contribution in [2.24, 2.45) is 0 Å². The Morgan fingerprint density at radius 2 is 2.20 bits per heavy atom. The molecule has 0 unspecified atom stereocenters. The Kier molecular flexibility index (Phi) is 4.66. The number of benzene rings is 1. The molecule has 0 spiro atoms. The first kappa shape index (κ1) is 16.8. The number of fused-ring (bicyclic) bond motifs is 3. The van der Waals surface area contributed by atoms with Crippen LogP contribution < -0.4 is 10.1 Å². The van der Waals surface area contributed by atoms with Crippen LogP contribution in [0, 0.1) is 6.92 Å². The summed E-state index contributed by atoms with van der Waals surface area (Å²) in [6.07, 6.45) is -0.308. The smallest absolute Gasteiger partial charge is 0.247 e. The van der Waals surface area contributed by atoms with Gasteiger partial charge in [-0.25, -0.2) is 0 Å². The van der Waals surface area contributed by atoms with Gasteiger partial charge >= 0.3 is 0 Å². The molecular formula is C17H15BrN4OS2. The number of aryl methyl sites for hydroxylation is 1. The fraction of sp³-hybridized carbons (Fsp3) is 0.235. The lowest BCUT2D eigenvalue weighted by molar-refractivity contribution is 0.228. The minimum atomic E-state index is -0.308. The summed E-state index contributed by atoms with van der Waals surface area (Å²) in [5, 5.41) is 14.8. The second-order valence-corrected chi connectivity index (χ2v) is 8.58. The van der Waals surface area contributed by atoms with Gasteiger partial charge in [-0.3, -0.25) is 0 Å². The summed E-state index contributed by atoms with van der Waals surface area (Å²) in [6, 6.07) is 8.12. The number of rotatable bonds is 3. The lowest BCUT2D eigenvalue weighted by atomic mass is 10.1. The molecule has 1 N–H and O–H groups in total. The summed E-state index contributed by atoms with van der Waals surface area (Å²) in [4.78, 5) is 5.73. The van der Waals surface area contributed by atoms with E-state index < -0.39 is 0 Å². The molecule has 128 valence electrons. The van der Waals surface area contributed by atoms with Gasteiger partial charge in [-0.05, 0) is 47.9 Å². The minimum absolute atomic E-state index is 0.308. The van der Waals surface area contributed by atoms with Crippen LogP contribution in [0.3, 0.4) is 0 Å². The summed E-state index contributed by atoms with van der Waals surface area (Å²) in [5.74, 6) is 1.39. The minimum Gasteiger partial charge on any atom is -0.447 e. The van der Waals surface area contributed by atoms with Crippen LogP contribution in [0.25, 0.3) is 11.3 Å². The summed E-state index contributed by atoms with van der Waals surface area (Å²) in [5.41, 5.74) is 3.72. The summed E-state index contributed by atoms with van der Waals surface area (Å²) in [7, 11) is 0. The van der Waals surface area contributed by atoms with Gasteiger partial charge in [0.25, 0.3) is 0 Å². The van der Waals surface area contributed by atoms with Crippen molar-refractivity contribution in [2.45, 2.75) is 25.2 Å². The monoisotopic (exact) mass is 434 g/mol. The molecule has 1 aliphatic rings. The molecule has 25 heavy (non-hydrogen) atoms. The SMILES string of the molecule is CCSc1nnc2c(n1)O[C@H](c1sccc1C)Nc1ccc(Br)cc1-2. The van der Waals surface area contributed by atoms with E-state index in [1.807, 2.05) is 18.2 Å². The number of hydrogen-bond acceptors (Lipinski definition) is 7. The first-order valence-corrected chi connectivity index (χ1v) is 10.5. The molecule has 1 atom stereocenters. The number of thiophene rings is 1. The van der Waals surface area contributed by atoms with Gasteiger partial charge in [0, 0.05) is 15.7 Å². The Hall–Kier alpha value is -1.64. The highest BCUT2D eigenvalue weighted by Crippen LogP contribution is 2.42. The van der Waals surface area contributed by atoms with E-state index in [1.165, 1.54) is 5.56 Å². The van der Waals surface area contributed by atoms with Gasteiger partial charge in [-0.15, -0.1) is 21.5 Å². The molecule has 2 aromatic heterocycles. The van der Waals surface area contributed by atoms with E-state index in [0.717, 1.165) is 26.4 Å². The van der Waals surface area contributed by atoms with Gasteiger partial charge in [0.1, 0.15) is 0 Å². The highest BCUT2D eigenvalue weighted by Gasteiger charge is 2.27. The van der Waals surface area contributed by atoms with Crippen LogP contribution in [0.1, 0.15) is 23.6 Å². The van der Waals surface area contributed by atoms with Crippen LogP contribution in [-0.4, -0.2) is 20.9 Å². The van der Waals surface area contributed by atoms with Crippen molar-refractivity contribution in [2.75, 3.05) is 11.1 Å². The van der Waals surface area contributed by atoms with Crippen molar-refractivity contribution >= 4 is 44.7 Å². The number of thioether (sulfide) groups is 1. The molecule has 0 saturated heterocycles. The normalized spacial score (nSPS) is 15.6. The molecule has 4 rings (SSSR count). The second-order valence-electron chi connectivity index (χ2n) is 5.48. The molecule has 8 heteroatoms. The molecule has 0 radical (unpaired) electrons. The Bertz CT molecular complexity index is 931. The Labute approximate surface area is 162 Å². The van der Waals surface area contributed by atoms with Gasteiger partial charge in [-0.1, -0.05) is 34.6 Å². The summed E-state index contributed by atoms with van der Waals surface area (Å²) >= 11 is 6.75. The summed E-state index contributed by atoms with van der Waals surface area (Å²) < 4.78 is 7.22. The fourth-order valence-electron chi connectivity index (χ4n) is 2.63. The van der Waals surface area contributed by atoms with Crippen LogP contribution in [0.15, 0.2) is 39.3 Å². The zero-order valence-corrected chi connectivity index (χ0v) is 16.8. The highest BCUT2D eigenvalue weighted by atomic mass is 79.9. The quantitative estimate of drug-likeness (QED) is 0.565. The lowest BCUT2D eigenvalue weighted by Crippen LogP contribution is -2.16. The fourth-order valence-corrected chi connectivity index (χ4v) is 4.40. The highest BCUT2D eigenvalue weighted by molar-refractivity contribution is 9.10. The molecular weight excluding hydrogens is 420 g/mol. The maximum Gasteiger partial charge on any atom is 0.247 e. The maximum absolute atomic E-state index is 6.25. The number of aromatic nitrogens is 3. The third kappa shape index (κ3) is 3.26. The number of nitrogens with zero attached hydrogens (tertiary/aromatic N) is 3. The third-order valence-electron chi connectivity index (χ3n) is 3.80. The van der Waals surface area contributed by atoms with E-state index in [-0.39, 0.29) is 6.23 Å². The van der Waals surface area contributed by atoms with Gasteiger partial charge in [0.05, 0.1) is 4.88 Å². The largest absolute Gasteiger partial charge is 0.447 e. The number of ether oxygens (including phenoxy) is 1. The van der Waals surface area contributed by atoms with E-state index in [2.05, 4.69) is 61.7 Å². The molecule has 5 nitrogen and oxygen atoms in total. The van der Waals surface area contributed by atoms with Crippen molar-refractivity contribution in [3.63, 3.8) is 0 Å². The Morgan fingerprint density at radius 1 is 1.32 bits per heavy atom. The van der Waals surface area contributed by atoms with E-state index in [4.69, 9.17) is 4.74 Å². The number of anilines is 1. The number of halogens is 1. The first-order chi connectivity index (χ1) is 12.2. The predicted octanol–water partition coefficient (Wildman–Crippen LogP) is 5.29. The van der Waals surface area contributed by atoms with Crippen molar-refractivity contribution < 1.29 is 4.74 Å². The van der Waals surface area contributed by atoms with Crippen molar-refractivity contribution in [3.05, 3.63) is 44.6 Å². The van der Waals surface area contributed by atoms with E-state index >= 15 is 0 Å². The zero-order chi connectivity index (χ0) is 17.4. The van der Waals surface area contributed by atoms with Crippen molar-refractivity contribution in [1.82, 2.24) is 15.2 Å². The number of hydrogen-bond donors (Lipinski definition) is 1. The molecule has 0 bridgehead atoms. The second kappa shape index (κ2) is 6.93. The average Bonchev–Trinajstić information content (AvgIpc) is 2.95. The van der Waals surface area contributed by atoms with Crippen LogP contribution in [0.4, 0.5) is 5.69 Å². The van der Waals surface area contributed by atoms with E-state index in [1.54, 1.807) is 23.1 Å². The number of nitrogens with one attached hydrogen (secondary N) is 1. The average molecular weight is 435 g/mol. The molecule has 3 heterocycles. The van der Waals surface area contributed by atoms with Crippen molar-refractivity contribution in [3.8, 4) is 17.1 Å². The standard InChI is InChI=1S/C17H15BrN4OS2/c1-3-24-17-20-15-13(21-22-17)11-8-10(18)4-5-12(11)19-16(23-15)14-9(2)6-7-25-14/h4-8,16,19H,3H2,1-2H3/t16-/m1/s1. The molecule has 0 aliphatic carbocycles. The van der Waals surface area contributed by atoms with Crippen LogP contribution in [-0.2, 0) is 0 Å². The molecule has 1 aromatic carbocycles. The van der Waals surface area contributed by atoms with Crippen LogP contribution in [0.2, 0.25) is 0 Å². The first-order valence-electron chi connectivity index (χ1n) is 7.80. The van der Waals surface area contributed by atoms with Gasteiger partial charge in [0.2, 0.25) is 17.3 Å². The van der Waals surface area contributed by atoms with E-state index in [0.29, 0.717) is 16.7 Å². The Balaban J connectivity index is 1.87. The predicted molar refractivity (Wildman–Crippen MR) is 105 cm³/mol. The molecule has 0 amide bonds. The zero-order valence-electron chi connectivity index (χ0n) is 13.6. The topological polar surface area (TPSA) is 59.9 Å². The van der Waals surface area contributed by atoms with Gasteiger partial charge in [0.15, 0.2) is 5.69 Å². The van der Waals surface area contributed by atoms with Gasteiger partial charge < -0.3 is 10.1 Å². The molecule has 1 aliphatic heterocycles. The lowest BCUT2D eigenvalue weighted by Gasteiger charge is -2.18. The summed E-state index contributed by atoms with van der Waals surface area (Å²) in [6.45, 7) is 4.15. The molecule has 0 saturated carbocycles.